The van der Waals surface area contributed by atoms with E-state index in [4.69, 9.17) is 9.97 Å². The Hall–Kier alpha value is -0.740. The molecule has 4 heteroatoms. The van der Waals surface area contributed by atoms with Gasteiger partial charge < -0.3 is 0 Å². The normalized spacial score (nSPS) is 12.1. The molecule has 0 atom stereocenters. The van der Waals surface area contributed by atoms with Gasteiger partial charge in [0.15, 0.2) is 0 Å². The average molecular weight is 423 g/mol. The Morgan fingerprint density at radius 2 is 0.714 bits per heavy atom. The molecule has 0 fully saturated rings. The average Bonchev–Trinajstić information content (AvgIpc) is 3.20. The topological polar surface area (TPSA) is 25.8 Å². The number of nitrogens with zero attached hydrogens (tertiary/aromatic N) is 2. The largest absolute Gasteiger partial charge is 0.245 e. The van der Waals surface area contributed by atoms with E-state index in [1.165, 1.54) is 31.2 Å². The summed E-state index contributed by atoms with van der Waals surface area (Å²) in [5.41, 5.74) is 2.63. The van der Waals surface area contributed by atoms with Gasteiger partial charge >= 0.3 is 0 Å². The van der Waals surface area contributed by atoms with Crippen LogP contribution in [0.5, 0.6) is 0 Å². The Labute approximate surface area is 182 Å². The summed E-state index contributed by atoms with van der Waals surface area (Å²) in [4.78, 5) is 12.4. The van der Waals surface area contributed by atoms with E-state index in [0.717, 1.165) is 0 Å². The van der Waals surface area contributed by atoms with Crippen molar-refractivity contribution in [3.8, 4) is 0 Å². The van der Waals surface area contributed by atoms with Crippen LogP contribution in [0.4, 0.5) is 0 Å². The molecule has 2 aromatic rings. The van der Waals surface area contributed by atoms with Crippen molar-refractivity contribution in [3.05, 3.63) is 31.2 Å². The van der Waals surface area contributed by atoms with Crippen LogP contribution >= 0.6 is 22.7 Å². The van der Waals surface area contributed by atoms with Crippen LogP contribution in [0, 0.1) is 0 Å². The first kappa shape index (κ1) is 25.3. The zero-order valence-corrected chi connectivity index (χ0v) is 21.8. The van der Waals surface area contributed by atoms with Crippen LogP contribution in [-0.2, 0) is 0 Å². The smallest absolute Gasteiger partial charge is 0.0956 e. The lowest BCUT2D eigenvalue weighted by Crippen LogP contribution is -1.95. The van der Waals surface area contributed by atoms with Crippen LogP contribution in [0.2, 0.25) is 0 Å². The Balaban J connectivity index is 0.000000280. The minimum absolute atomic E-state index is 0.552. The highest BCUT2D eigenvalue weighted by atomic mass is 32.1. The lowest BCUT2D eigenvalue weighted by atomic mass is 10.0. The zero-order chi connectivity index (χ0) is 21.8. The molecule has 0 aliphatic rings. The van der Waals surface area contributed by atoms with Crippen LogP contribution in [-0.4, -0.2) is 9.97 Å². The highest BCUT2D eigenvalue weighted by molar-refractivity contribution is 7.12. The molecular weight excluding hydrogens is 380 g/mol. The predicted molar refractivity (Wildman–Crippen MR) is 129 cm³/mol. The molecule has 160 valence electrons. The van der Waals surface area contributed by atoms with Crippen molar-refractivity contribution >= 4 is 22.7 Å². The summed E-state index contributed by atoms with van der Waals surface area (Å²) < 4.78 is 0. The first-order valence-electron chi connectivity index (χ1n) is 10.9. The number of aromatic nitrogens is 2. The first-order chi connectivity index (χ1) is 12.9. The van der Waals surface area contributed by atoms with Crippen molar-refractivity contribution in [1.29, 1.82) is 0 Å². The molecule has 0 aromatic carbocycles. The van der Waals surface area contributed by atoms with Gasteiger partial charge in [-0.3, -0.25) is 0 Å². The van der Waals surface area contributed by atoms with Crippen LogP contribution in [0.25, 0.3) is 0 Å². The molecule has 0 aliphatic heterocycles. The van der Waals surface area contributed by atoms with Gasteiger partial charge in [0.1, 0.15) is 0 Å². The van der Waals surface area contributed by atoms with Gasteiger partial charge in [-0.1, -0.05) is 83.1 Å². The lowest BCUT2D eigenvalue weighted by Gasteiger charge is -2.07. The van der Waals surface area contributed by atoms with Gasteiger partial charge in [0.05, 0.1) is 21.4 Å². The molecule has 0 saturated carbocycles. The molecule has 0 radical (unpaired) electrons. The van der Waals surface area contributed by atoms with Gasteiger partial charge in [0.2, 0.25) is 0 Å². The van der Waals surface area contributed by atoms with Crippen molar-refractivity contribution in [2.24, 2.45) is 0 Å². The zero-order valence-electron chi connectivity index (χ0n) is 20.2. The summed E-state index contributed by atoms with van der Waals surface area (Å²) >= 11 is 3.79. The second-order valence-electron chi connectivity index (χ2n) is 9.53. The highest BCUT2D eigenvalue weighted by Gasteiger charge is 2.18. The summed E-state index contributed by atoms with van der Waals surface area (Å²) in [5, 5.41) is 2.58. The quantitative estimate of drug-likeness (QED) is 0.464. The van der Waals surface area contributed by atoms with Gasteiger partial charge in [-0.05, 0) is 23.7 Å². The first-order valence-corrected chi connectivity index (χ1v) is 12.5. The molecule has 0 aliphatic carbocycles. The second-order valence-corrected chi connectivity index (χ2v) is 11.7. The monoisotopic (exact) mass is 422 g/mol. The fraction of sp³-hybridized carbons (Fsp3) is 0.750. The summed E-state index contributed by atoms with van der Waals surface area (Å²) in [6.45, 7) is 26.8. The van der Waals surface area contributed by atoms with Gasteiger partial charge in [0.25, 0.3) is 0 Å². The van der Waals surface area contributed by atoms with Crippen LogP contribution in [0.15, 0.2) is 0 Å². The lowest BCUT2D eigenvalue weighted by molar-refractivity contribution is 0.762. The van der Waals surface area contributed by atoms with Crippen LogP contribution < -0.4 is 0 Å². The summed E-state index contributed by atoms with van der Waals surface area (Å²) in [5.74, 6) is 3.44. The fourth-order valence-electron chi connectivity index (χ4n) is 2.87. The third-order valence-electron chi connectivity index (χ3n) is 4.53. The van der Waals surface area contributed by atoms with Crippen molar-refractivity contribution < 1.29 is 0 Å². The highest BCUT2D eigenvalue weighted by Crippen LogP contribution is 2.35. The third kappa shape index (κ3) is 6.66. The maximum absolute atomic E-state index is 4.75. The van der Waals surface area contributed by atoms with E-state index in [0.29, 0.717) is 35.5 Å². The molecule has 2 rings (SSSR count). The molecule has 0 saturated heterocycles. The molecule has 2 aromatic heterocycles. The standard InChI is InChI=1S/2C12H21NS/c2*1-7(2)10-11(8(3)4)14-12(13-10)9(5)6/h2*7-9H,1-6H3. The second kappa shape index (κ2) is 10.9. The third-order valence-corrected chi connectivity index (χ3v) is 7.87. The van der Waals surface area contributed by atoms with E-state index in [1.54, 1.807) is 0 Å². The number of hydrogen-bond acceptors (Lipinski definition) is 4. The Kier molecular flexibility index (Phi) is 9.82. The number of hydrogen-bond donors (Lipinski definition) is 0. The number of thiazole rings is 2. The van der Waals surface area contributed by atoms with Gasteiger partial charge in [-0.25, -0.2) is 9.97 Å². The van der Waals surface area contributed by atoms with Crippen molar-refractivity contribution in [1.82, 2.24) is 9.97 Å². The van der Waals surface area contributed by atoms with E-state index < -0.39 is 0 Å². The molecule has 28 heavy (non-hydrogen) atoms. The number of rotatable bonds is 6. The summed E-state index contributed by atoms with van der Waals surface area (Å²) in [6.07, 6.45) is 0. The van der Waals surface area contributed by atoms with E-state index >= 15 is 0 Å². The predicted octanol–water partition coefficient (Wildman–Crippen LogP) is 9.03. The van der Waals surface area contributed by atoms with E-state index in [-0.39, 0.29) is 0 Å². The van der Waals surface area contributed by atoms with Gasteiger partial charge in [-0.2, -0.15) is 0 Å². The Morgan fingerprint density at radius 1 is 0.429 bits per heavy atom. The van der Waals surface area contributed by atoms with Gasteiger partial charge in [0, 0.05) is 21.6 Å². The van der Waals surface area contributed by atoms with Crippen molar-refractivity contribution in [3.63, 3.8) is 0 Å². The SMILES string of the molecule is CC(C)c1nc(C(C)C)c(C(C)C)s1.CC(C)c1nc(C(C)C)c(C(C)C)s1. The minimum atomic E-state index is 0.552. The van der Waals surface area contributed by atoms with Crippen LogP contribution in [0.3, 0.4) is 0 Å². The summed E-state index contributed by atoms with van der Waals surface area (Å²) in [7, 11) is 0. The van der Waals surface area contributed by atoms with Gasteiger partial charge in [-0.15, -0.1) is 22.7 Å². The maximum Gasteiger partial charge on any atom is 0.0956 e. The molecule has 0 bridgehead atoms. The minimum Gasteiger partial charge on any atom is -0.245 e. The molecular formula is C24H42N2S2. The van der Waals surface area contributed by atoms with Crippen molar-refractivity contribution in [2.45, 2.75) is 119 Å². The Bertz CT molecular complexity index is 606. The van der Waals surface area contributed by atoms with E-state index in [1.807, 2.05) is 22.7 Å². The molecule has 2 nitrogen and oxygen atoms in total. The Morgan fingerprint density at radius 3 is 0.857 bits per heavy atom. The fourth-order valence-corrected chi connectivity index (χ4v) is 5.32. The molecule has 0 N–H and O–H groups in total. The van der Waals surface area contributed by atoms with E-state index in [2.05, 4.69) is 83.1 Å². The van der Waals surface area contributed by atoms with E-state index in [9.17, 15) is 0 Å². The van der Waals surface area contributed by atoms with Crippen LogP contribution in [0.1, 0.15) is 150 Å². The molecule has 2 heterocycles. The summed E-state index contributed by atoms with van der Waals surface area (Å²) in [6, 6.07) is 0. The molecule has 0 unspecified atom stereocenters. The van der Waals surface area contributed by atoms with Crippen molar-refractivity contribution in [2.75, 3.05) is 0 Å². The molecule has 0 spiro atoms. The molecule has 0 amide bonds. The maximum atomic E-state index is 4.75.